The number of nitrogens with one attached hydrogen (secondary N) is 3. The van der Waals surface area contributed by atoms with E-state index in [0.717, 1.165) is 12.8 Å². The zero-order chi connectivity index (χ0) is 29.2. The zero-order valence-electron chi connectivity index (χ0n) is 23.8. The minimum absolute atomic E-state index is 0.00831. The molecule has 0 radical (unpaired) electrons. The molecule has 1 saturated heterocycles. The van der Waals surface area contributed by atoms with Gasteiger partial charge in [0.1, 0.15) is 6.04 Å². The first-order valence-corrected chi connectivity index (χ1v) is 14.9. The molecule has 14 heteroatoms. The van der Waals surface area contributed by atoms with E-state index in [1.54, 1.807) is 22.3 Å². The fourth-order valence-electron chi connectivity index (χ4n) is 6.63. The number of hydrogen-bond acceptors (Lipinski definition) is 8. The van der Waals surface area contributed by atoms with Gasteiger partial charge in [-0.2, -0.15) is 11.3 Å². The Bertz CT molecular complexity index is 1120. The standard InChI is InChI=1S/C26H41BN6O6S/c1-15(2)11-21(27-38-20-13-17-12-19(25(17,3)4)26(20,5)39-27)31-23(35)18(30-22(34)16-8-10-40-14-16)7-6-9-29-24(28)32-33(36)37/h8,10,14-15,17-21H,6-7,9,11-13H2,1-5H3,(H,30,34)(H,31,35)(H3,28,29,32)/t17-,18+,19-,20-,21+,26+/m1/s1. The van der Waals surface area contributed by atoms with Crippen LogP contribution in [0.25, 0.3) is 0 Å². The maximum absolute atomic E-state index is 13.6. The monoisotopic (exact) mass is 576 g/mol. The highest BCUT2D eigenvalue weighted by Crippen LogP contribution is 2.65. The van der Waals surface area contributed by atoms with Gasteiger partial charge in [0.05, 0.1) is 23.2 Å². The Morgan fingerprint density at radius 2 is 2.05 bits per heavy atom. The molecular formula is C26H41BN6O6S. The molecule has 0 unspecified atom stereocenters. The van der Waals surface area contributed by atoms with Crippen LogP contribution in [0.3, 0.4) is 0 Å². The number of nitro groups is 1. The lowest BCUT2D eigenvalue weighted by atomic mass is 9.43. The molecule has 0 spiro atoms. The molecule has 2 amide bonds. The van der Waals surface area contributed by atoms with Crippen molar-refractivity contribution in [3.8, 4) is 0 Å². The van der Waals surface area contributed by atoms with E-state index in [0.29, 0.717) is 30.2 Å². The van der Waals surface area contributed by atoms with Crippen molar-refractivity contribution in [2.24, 2.45) is 33.9 Å². The minimum Gasteiger partial charge on any atom is -0.404 e. The highest BCUT2D eigenvalue weighted by Gasteiger charge is 2.68. The van der Waals surface area contributed by atoms with Gasteiger partial charge in [-0.1, -0.05) is 33.1 Å². The van der Waals surface area contributed by atoms with Crippen molar-refractivity contribution in [1.82, 2.24) is 16.1 Å². The number of guanidine groups is 1. The summed E-state index contributed by atoms with van der Waals surface area (Å²) >= 11 is 1.39. The fourth-order valence-corrected chi connectivity index (χ4v) is 7.26. The molecule has 1 aromatic heterocycles. The first-order valence-electron chi connectivity index (χ1n) is 14.0. The van der Waals surface area contributed by atoms with Crippen LogP contribution in [0, 0.1) is 33.3 Å². The predicted molar refractivity (Wildman–Crippen MR) is 153 cm³/mol. The number of nitrogens with zero attached hydrogens (tertiary/aromatic N) is 2. The van der Waals surface area contributed by atoms with Crippen LogP contribution in [0.4, 0.5) is 0 Å². The molecule has 3 aliphatic carbocycles. The Hall–Kier alpha value is -2.71. The van der Waals surface area contributed by atoms with E-state index in [1.165, 1.54) is 11.3 Å². The van der Waals surface area contributed by atoms with E-state index in [2.05, 4.69) is 50.2 Å². The predicted octanol–water partition coefficient (Wildman–Crippen LogP) is 2.52. The van der Waals surface area contributed by atoms with Crippen LogP contribution in [0.5, 0.6) is 0 Å². The highest BCUT2D eigenvalue weighted by atomic mass is 32.1. The second kappa shape index (κ2) is 12.0. The summed E-state index contributed by atoms with van der Waals surface area (Å²) < 4.78 is 13.1. The van der Waals surface area contributed by atoms with Crippen molar-refractivity contribution in [1.29, 1.82) is 0 Å². The summed E-state index contributed by atoms with van der Waals surface area (Å²) in [6, 6.07) is 0.841. The Morgan fingerprint density at radius 1 is 1.30 bits per heavy atom. The SMILES string of the molecule is CC(C)C[C@H](NC(=O)[C@H](CCCN=C(N)N[N+](=O)[O-])NC(=O)c1ccsc1)B1O[C@@H]2C[C@H]3C[C@H](C3(C)C)[C@]2(C)O1. The number of aliphatic imine (C=N–C) groups is 1. The minimum atomic E-state index is -0.854. The van der Waals surface area contributed by atoms with Crippen molar-refractivity contribution in [2.75, 3.05) is 6.54 Å². The number of amides is 2. The van der Waals surface area contributed by atoms with Gasteiger partial charge in [0, 0.05) is 11.9 Å². The van der Waals surface area contributed by atoms with Gasteiger partial charge in [0.2, 0.25) is 5.91 Å². The summed E-state index contributed by atoms with van der Waals surface area (Å²) in [7, 11) is -0.581. The molecule has 40 heavy (non-hydrogen) atoms. The first-order chi connectivity index (χ1) is 18.8. The van der Waals surface area contributed by atoms with E-state index in [1.807, 2.05) is 0 Å². The van der Waals surface area contributed by atoms with E-state index < -0.39 is 29.7 Å². The zero-order valence-corrected chi connectivity index (χ0v) is 24.7. The lowest BCUT2D eigenvalue weighted by Gasteiger charge is -2.64. The average Bonchev–Trinajstić information content (AvgIpc) is 3.52. The molecule has 4 aliphatic rings. The summed E-state index contributed by atoms with van der Waals surface area (Å²) in [5, 5.41) is 19.2. The molecule has 0 aromatic carbocycles. The summed E-state index contributed by atoms with van der Waals surface area (Å²) in [6.07, 6.45) is 3.36. The summed E-state index contributed by atoms with van der Waals surface area (Å²) in [6.45, 7) is 11.1. The van der Waals surface area contributed by atoms with E-state index in [4.69, 9.17) is 15.0 Å². The normalized spacial score (nSPS) is 28.3. The van der Waals surface area contributed by atoms with Crippen LogP contribution in [-0.4, -0.2) is 60.2 Å². The third-order valence-electron chi connectivity index (χ3n) is 8.89. The number of carbonyl (C=O) groups excluding carboxylic acids is 2. The van der Waals surface area contributed by atoms with Gasteiger partial charge >= 0.3 is 7.12 Å². The summed E-state index contributed by atoms with van der Waals surface area (Å²) in [5.41, 5.74) is 7.56. The number of hydrazine groups is 1. The molecule has 5 N–H and O–H groups in total. The van der Waals surface area contributed by atoms with Crippen LogP contribution in [-0.2, 0) is 14.1 Å². The first kappa shape index (κ1) is 30.3. The molecule has 5 rings (SSSR count). The molecule has 220 valence electrons. The smallest absolute Gasteiger partial charge is 0.404 e. The van der Waals surface area contributed by atoms with Crippen molar-refractivity contribution in [3.63, 3.8) is 0 Å². The molecule has 1 aliphatic heterocycles. The van der Waals surface area contributed by atoms with Crippen molar-refractivity contribution < 1.29 is 23.9 Å². The highest BCUT2D eigenvalue weighted by molar-refractivity contribution is 7.08. The number of nitrogens with two attached hydrogens (primary N) is 1. The molecular weight excluding hydrogens is 535 g/mol. The largest absolute Gasteiger partial charge is 0.481 e. The van der Waals surface area contributed by atoms with E-state index in [9.17, 15) is 19.7 Å². The maximum Gasteiger partial charge on any atom is 0.481 e. The number of rotatable bonds is 12. The van der Waals surface area contributed by atoms with Crippen molar-refractivity contribution in [3.05, 3.63) is 32.5 Å². The van der Waals surface area contributed by atoms with Crippen LogP contribution in [0.2, 0.25) is 0 Å². The molecule has 4 fully saturated rings. The topological polar surface area (TPSA) is 170 Å². The van der Waals surface area contributed by atoms with Crippen molar-refractivity contribution in [2.45, 2.75) is 90.4 Å². The second-order valence-electron chi connectivity index (χ2n) is 12.4. The quantitative estimate of drug-likeness (QED) is 0.0735. The lowest BCUT2D eigenvalue weighted by Crippen LogP contribution is -2.65. The van der Waals surface area contributed by atoms with Gasteiger partial charge < -0.3 is 25.7 Å². The number of hydrogen-bond donors (Lipinski definition) is 4. The number of carbonyl (C=O) groups is 2. The van der Waals surface area contributed by atoms with Gasteiger partial charge in [-0.05, 0) is 73.6 Å². The van der Waals surface area contributed by atoms with Gasteiger partial charge in [-0.3, -0.25) is 9.59 Å². The summed E-state index contributed by atoms with van der Waals surface area (Å²) in [5.74, 6) is -0.126. The molecule has 2 bridgehead atoms. The van der Waals surface area contributed by atoms with Gasteiger partial charge in [0.15, 0.2) is 5.03 Å². The fraction of sp³-hybridized carbons (Fsp3) is 0.731. The molecule has 6 atom stereocenters. The van der Waals surface area contributed by atoms with Gasteiger partial charge in [0.25, 0.3) is 11.9 Å². The Balaban J connectivity index is 1.45. The van der Waals surface area contributed by atoms with E-state index in [-0.39, 0.29) is 48.2 Å². The van der Waals surface area contributed by atoms with Crippen LogP contribution in [0.15, 0.2) is 21.8 Å². The lowest BCUT2D eigenvalue weighted by molar-refractivity contribution is -0.525. The molecule has 1 aromatic rings. The van der Waals surface area contributed by atoms with Crippen LogP contribution < -0.4 is 21.8 Å². The Labute approximate surface area is 239 Å². The summed E-state index contributed by atoms with van der Waals surface area (Å²) in [4.78, 5) is 40.9. The van der Waals surface area contributed by atoms with Crippen LogP contribution >= 0.6 is 11.3 Å². The van der Waals surface area contributed by atoms with E-state index >= 15 is 0 Å². The third-order valence-corrected chi connectivity index (χ3v) is 9.58. The number of thiophene rings is 1. The Kier molecular flexibility index (Phi) is 9.10. The molecule has 2 heterocycles. The third kappa shape index (κ3) is 6.44. The Morgan fingerprint density at radius 3 is 2.67 bits per heavy atom. The maximum atomic E-state index is 13.6. The second-order valence-corrected chi connectivity index (χ2v) is 13.2. The molecule has 3 saturated carbocycles. The van der Waals surface area contributed by atoms with Crippen LogP contribution in [0.1, 0.15) is 77.1 Å². The average molecular weight is 577 g/mol. The van der Waals surface area contributed by atoms with Gasteiger partial charge in [-0.25, -0.2) is 15.1 Å². The molecule has 12 nitrogen and oxygen atoms in total. The van der Waals surface area contributed by atoms with Crippen molar-refractivity contribution >= 4 is 36.2 Å². The van der Waals surface area contributed by atoms with Gasteiger partial charge in [-0.15, -0.1) is 0 Å².